The molecule has 0 heterocycles. The number of nitrogens with one attached hydrogen (secondary N) is 1. The molecule has 0 spiro atoms. The van der Waals surface area contributed by atoms with Gasteiger partial charge in [0.05, 0.1) is 11.8 Å². The number of hydrazone groups is 2. The zero-order valence-corrected chi connectivity index (χ0v) is 11.6. The molecule has 0 saturated carbocycles. The standard InChI is InChI=1S/C12H15N5O2.ClH/c1-2-10(11(18)19)9-5-3-8(4-6-9)7-15-17-12(13)16-14;/h2-7H,14H2,1H3,(H,18,19)(H3,13,16,17);1H/b10-2+,15-7+;. The predicted molar refractivity (Wildman–Crippen MR) is 81.5 cm³/mol. The van der Waals surface area contributed by atoms with E-state index in [-0.39, 0.29) is 23.9 Å². The van der Waals surface area contributed by atoms with Crippen molar-refractivity contribution < 1.29 is 9.90 Å². The molecule has 0 radical (unpaired) electrons. The zero-order valence-electron chi connectivity index (χ0n) is 10.8. The quantitative estimate of drug-likeness (QED) is 0.214. The second kappa shape index (κ2) is 8.54. The molecule has 108 valence electrons. The van der Waals surface area contributed by atoms with Gasteiger partial charge in [0.15, 0.2) is 0 Å². The van der Waals surface area contributed by atoms with E-state index >= 15 is 0 Å². The van der Waals surface area contributed by atoms with Gasteiger partial charge in [0, 0.05) is 0 Å². The summed E-state index contributed by atoms with van der Waals surface area (Å²) in [5.41, 5.74) is 9.35. The highest BCUT2D eigenvalue weighted by atomic mass is 35.5. The average molecular weight is 298 g/mol. The van der Waals surface area contributed by atoms with E-state index in [1.165, 1.54) is 6.21 Å². The topological polar surface area (TPSA) is 126 Å². The highest BCUT2D eigenvalue weighted by Crippen LogP contribution is 2.14. The molecule has 0 amide bonds. The number of nitrogens with two attached hydrogens (primary N) is 2. The van der Waals surface area contributed by atoms with Gasteiger partial charge >= 0.3 is 5.97 Å². The van der Waals surface area contributed by atoms with Gasteiger partial charge in [0.25, 0.3) is 0 Å². The van der Waals surface area contributed by atoms with Gasteiger partial charge in [0.2, 0.25) is 5.96 Å². The van der Waals surface area contributed by atoms with E-state index in [0.29, 0.717) is 5.56 Å². The highest BCUT2D eigenvalue weighted by molar-refractivity contribution is 6.15. The van der Waals surface area contributed by atoms with E-state index in [2.05, 4.69) is 15.6 Å². The molecule has 0 aromatic heterocycles. The maximum absolute atomic E-state index is 11.0. The summed E-state index contributed by atoms with van der Waals surface area (Å²) >= 11 is 0. The maximum atomic E-state index is 11.0. The number of carboxylic acid groups (broad SMARTS) is 1. The molecule has 0 aliphatic rings. The molecule has 0 bridgehead atoms. The summed E-state index contributed by atoms with van der Waals surface area (Å²) in [4.78, 5) is 11.0. The van der Waals surface area contributed by atoms with Crippen molar-refractivity contribution in [3.8, 4) is 0 Å². The largest absolute Gasteiger partial charge is 0.478 e. The molecule has 0 aliphatic carbocycles. The smallest absolute Gasteiger partial charge is 0.335 e. The molecule has 0 fully saturated rings. The number of carboxylic acids is 1. The van der Waals surface area contributed by atoms with Crippen LogP contribution in [0.1, 0.15) is 18.1 Å². The number of hydrogen-bond acceptors (Lipinski definition) is 4. The van der Waals surface area contributed by atoms with Crippen LogP contribution in [0, 0.1) is 0 Å². The number of aliphatic carboxylic acids is 1. The Balaban J connectivity index is 0.00000361. The number of guanidine groups is 1. The summed E-state index contributed by atoms with van der Waals surface area (Å²) in [5.74, 6) is 3.95. The van der Waals surface area contributed by atoms with E-state index in [1.54, 1.807) is 37.3 Å². The van der Waals surface area contributed by atoms with Crippen molar-refractivity contribution in [2.75, 3.05) is 0 Å². The number of halogens is 1. The molecule has 1 aromatic carbocycles. The zero-order chi connectivity index (χ0) is 14.3. The molecular weight excluding hydrogens is 282 g/mol. The molecule has 1 rings (SSSR count). The number of benzene rings is 1. The third-order valence-electron chi connectivity index (χ3n) is 2.27. The Morgan fingerprint density at radius 1 is 1.35 bits per heavy atom. The molecule has 6 N–H and O–H groups in total. The first-order valence-electron chi connectivity index (χ1n) is 5.41. The molecule has 8 heteroatoms. The molecule has 20 heavy (non-hydrogen) atoms. The summed E-state index contributed by atoms with van der Waals surface area (Å²) in [5, 5.41) is 16.0. The van der Waals surface area contributed by atoms with Gasteiger partial charge in [-0.3, -0.25) is 0 Å². The van der Waals surface area contributed by atoms with Crippen molar-refractivity contribution in [3.63, 3.8) is 0 Å². The Morgan fingerprint density at radius 3 is 2.40 bits per heavy atom. The van der Waals surface area contributed by atoms with Gasteiger partial charge < -0.3 is 16.7 Å². The van der Waals surface area contributed by atoms with Crippen LogP contribution >= 0.6 is 12.4 Å². The SMILES string of the molecule is C/C=C(/C(=O)O)c1ccc(/C=N/NC(N)=NN)cc1.Cl. The summed E-state index contributed by atoms with van der Waals surface area (Å²) in [7, 11) is 0. The Morgan fingerprint density at radius 2 is 1.95 bits per heavy atom. The minimum Gasteiger partial charge on any atom is -0.478 e. The maximum Gasteiger partial charge on any atom is 0.335 e. The summed E-state index contributed by atoms with van der Waals surface area (Å²) in [6.07, 6.45) is 3.06. The van der Waals surface area contributed by atoms with E-state index in [9.17, 15) is 4.79 Å². The molecule has 0 saturated heterocycles. The van der Waals surface area contributed by atoms with Crippen LogP contribution in [0.2, 0.25) is 0 Å². The van der Waals surface area contributed by atoms with Crippen molar-refractivity contribution in [1.82, 2.24) is 5.43 Å². The first-order valence-corrected chi connectivity index (χ1v) is 5.41. The summed E-state index contributed by atoms with van der Waals surface area (Å²) in [6, 6.07) is 6.88. The first kappa shape index (κ1) is 17.5. The summed E-state index contributed by atoms with van der Waals surface area (Å²) < 4.78 is 0. The fourth-order valence-electron chi connectivity index (χ4n) is 1.36. The van der Waals surface area contributed by atoms with E-state index in [1.807, 2.05) is 0 Å². The number of hydrogen-bond donors (Lipinski definition) is 4. The van der Waals surface area contributed by atoms with Crippen LogP contribution in [0.25, 0.3) is 5.57 Å². The van der Waals surface area contributed by atoms with E-state index in [4.69, 9.17) is 16.7 Å². The Bertz CT molecular complexity index is 537. The average Bonchev–Trinajstić information content (AvgIpc) is 2.40. The van der Waals surface area contributed by atoms with Crippen molar-refractivity contribution in [2.45, 2.75) is 6.92 Å². The second-order valence-electron chi connectivity index (χ2n) is 3.51. The second-order valence-corrected chi connectivity index (χ2v) is 3.51. The lowest BCUT2D eigenvalue weighted by Gasteiger charge is -2.02. The number of carbonyl (C=O) groups is 1. The molecule has 0 unspecified atom stereocenters. The van der Waals surface area contributed by atoms with Gasteiger partial charge in [-0.1, -0.05) is 30.3 Å². The summed E-state index contributed by atoms with van der Waals surface area (Å²) in [6.45, 7) is 1.68. The van der Waals surface area contributed by atoms with Crippen molar-refractivity contribution in [1.29, 1.82) is 0 Å². The normalized spacial score (nSPS) is 12.1. The number of allylic oxidation sites excluding steroid dienone is 1. The Labute approximate surface area is 122 Å². The van der Waals surface area contributed by atoms with Crippen molar-refractivity contribution in [2.24, 2.45) is 21.8 Å². The lowest BCUT2D eigenvalue weighted by atomic mass is 10.0. The third-order valence-corrected chi connectivity index (χ3v) is 2.27. The van der Waals surface area contributed by atoms with Crippen LogP contribution in [0.3, 0.4) is 0 Å². The molecule has 7 nitrogen and oxygen atoms in total. The first-order chi connectivity index (χ1) is 9.08. The van der Waals surface area contributed by atoms with Crippen molar-refractivity contribution >= 4 is 36.1 Å². The van der Waals surface area contributed by atoms with Gasteiger partial charge in [-0.15, -0.1) is 17.5 Å². The van der Waals surface area contributed by atoms with Crippen LogP contribution in [0.4, 0.5) is 0 Å². The van der Waals surface area contributed by atoms with Crippen LogP contribution < -0.4 is 17.0 Å². The van der Waals surface area contributed by atoms with Crippen LogP contribution in [0.5, 0.6) is 0 Å². The number of rotatable bonds is 4. The highest BCUT2D eigenvalue weighted by Gasteiger charge is 2.07. The third kappa shape index (κ3) is 4.99. The molecule has 1 aromatic rings. The van der Waals surface area contributed by atoms with Crippen LogP contribution in [-0.4, -0.2) is 23.2 Å². The van der Waals surface area contributed by atoms with Gasteiger partial charge in [0.1, 0.15) is 0 Å². The van der Waals surface area contributed by atoms with E-state index < -0.39 is 5.97 Å². The lowest BCUT2D eigenvalue weighted by Crippen LogP contribution is -2.28. The van der Waals surface area contributed by atoms with E-state index in [0.717, 1.165) is 5.56 Å². The lowest BCUT2D eigenvalue weighted by molar-refractivity contribution is -0.130. The monoisotopic (exact) mass is 297 g/mol. The van der Waals surface area contributed by atoms with Gasteiger partial charge in [-0.25, -0.2) is 10.2 Å². The fourth-order valence-corrected chi connectivity index (χ4v) is 1.36. The van der Waals surface area contributed by atoms with Crippen molar-refractivity contribution in [3.05, 3.63) is 41.5 Å². The Hall–Kier alpha value is -2.54. The fraction of sp³-hybridized carbons (Fsp3) is 0.0833. The van der Waals surface area contributed by atoms with Gasteiger partial charge in [-0.05, 0) is 18.1 Å². The van der Waals surface area contributed by atoms with Crippen LogP contribution in [-0.2, 0) is 4.79 Å². The molecule has 0 aliphatic heterocycles. The van der Waals surface area contributed by atoms with Gasteiger partial charge in [-0.2, -0.15) is 5.10 Å². The minimum absolute atomic E-state index is 0. The minimum atomic E-state index is -0.961. The molecular formula is C12H16ClN5O2. The predicted octanol–water partition coefficient (Wildman–Crippen LogP) is 0.708. The Kier molecular flexibility index (Phi) is 7.46. The molecule has 0 atom stereocenters. The van der Waals surface area contributed by atoms with Crippen LogP contribution in [0.15, 0.2) is 40.5 Å². The number of nitrogens with zero attached hydrogens (tertiary/aromatic N) is 2.